The molecule has 0 saturated carbocycles. The molecule has 7 nitrogen and oxygen atoms in total. The quantitative estimate of drug-likeness (QED) is 0.850. The van der Waals surface area contributed by atoms with E-state index < -0.39 is 0 Å². The van der Waals surface area contributed by atoms with Crippen LogP contribution in [0, 0.1) is 13.8 Å². The molecule has 0 unspecified atom stereocenters. The Morgan fingerprint density at radius 2 is 1.95 bits per heavy atom. The lowest BCUT2D eigenvalue weighted by atomic mass is 10.2. The molecular formula is C15H18N4O3. The number of rotatable bonds is 5. The van der Waals surface area contributed by atoms with Crippen LogP contribution in [0.5, 0.6) is 0 Å². The maximum atomic E-state index is 12.2. The fourth-order valence-electron chi connectivity index (χ4n) is 2.05. The summed E-state index contributed by atoms with van der Waals surface area (Å²) in [7, 11) is 0. The zero-order valence-corrected chi connectivity index (χ0v) is 12.8. The third kappa shape index (κ3) is 3.49. The maximum Gasteiger partial charge on any atom is 0.327 e. The van der Waals surface area contributed by atoms with Crippen molar-refractivity contribution < 1.29 is 14.3 Å². The SMILES string of the molecule is CCOC(=O)Cn1nc(C)c(NC(=O)c2ccncc2)c1C. The summed E-state index contributed by atoms with van der Waals surface area (Å²) in [4.78, 5) is 27.6. The summed E-state index contributed by atoms with van der Waals surface area (Å²) in [6, 6.07) is 3.26. The van der Waals surface area contributed by atoms with Gasteiger partial charge in [-0.2, -0.15) is 5.10 Å². The number of aromatic nitrogens is 3. The largest absolute Gasteiger partial charge is 0.465 e. The molecule has 2 aromatic heterocycles. The van der Waals surface area contributed by atoms with Gasteiger partial charge >= 0.3 is 5.97 Å². The summed E-state index contributed by atoms with van der Waals surface area (Å²) < 4.78 is 6.43. The highest BCUT2D eigenvalue weighted by atomic mass is 16.5. The predicted molar refractivity (Wildman–Crippen MR) is 80.5 cm³/mol. The Hall–Kier alpha value is -2.70. The van der Waals surface area contributed by atoms with Crippen molar-refractivity contribution in [2.45, 2.75) is 27.3 Å². The zero-order valence-electron chi connectivity index (χ0n) is 12.8. The standard InChI is InChI=1S/C15H18N4O3/c1-4-22-13(20)9-19-11(3)14(10(2)18-19)17-15(21)12-5-7-16-8-6-12/h5-8H,4,9H2,1-3H3,(H,17,21). The number of ether oxygens (including phenoxy) is 1. The van der Waals surface area contributed by atoms with E-state index in [0.717, 1.165) is 0 Å². The third-order valence-electron chi connectivity index (χ3n) is 3.15. The van der Waals surface area contributed by atoms with Gasteiger partial charge in [-0.3, -0.25) is 19.3 Å². The van der Waals surface area contributed by atoms with Crippen LogP contribution in [0.15, 0.2) is 24.5 Å². The van der Waals surface area contributed by atoms with Crippen LogP contribution in [0.1, 0.15) is 28.7 Å². The lowest BCUT2D eigenvalue weighted by Crippen LogP contribution is -2.16. The van der Waals surface area contributed by atoms with Crippen molar-refractivity contribution in [3.8, 4) is 0 Å². The second-order valence-electron chi connectivity index (χ2n) is 4.70. The summed E-state index contributed by atoms with van der Waals surface area (Å²) in [5, 5.41) is 7.09. The van der Waals surface area contributed by atoms with Gasteiger partial charge in [0.15, 0.2) is 0 Å². The summed E-state index contributed by atoms with van der Waals surface area (Å²) in [6.07, 6.45) is 3.11. The molecule has 0 fully saturated rings. The number of pyridine rings is 1. The molecule has 116 valence electrons. The molecule has 0 radical (unpaired) electrons. The second kappa shape index (κ2) is 6.84. The van der Waals surface area contributed by atoms with Gasteiger partial charge in [0.2, 0.25) is 0 Å². The topological polar surface area (TPSA) is 86.1 Å². The predicted octanol–water partition coefficient (Wildman–Crippen LogP) is 1.71. The molecule has 7 heteroatoms. The van der Waals surface area contributed by atoms with Crippen LogP contribution >= 0.6 is 0 Å². The smallest absolute Gasteiger partial charge is 0.327 e. The van der Waals surface area contributed by atoms with Crippen LogP contribution in [-0.4, -0.2) is 33.2 Å². The van der Waals surface area contributed by atoms with E-state index in [-0.39, 0.29) is 18.4 Å². The maximum absolute atomic E-state index is 12.2. The van der Waals surface area contributed by atoms with Gasteiger partial charge in [-0.05, 0) is 32.9 Å². The number of carbonyl (C=O) groups excluding carboxylic acids is 2. The molecule has 0 atom stereocenters. The molecule has 2 heterocycles. The molecule has 1 N–H and O–H groups in total. The molecular weight excluding hydrogens is 284 g/mol. The van der Waals surface area contributed by atoms with Crippen molar-refractivity contribution in [1.82, 2.24) is 14.8 Å². The molecule has 0 aromatic carbocycles. The molecule has 0 saturated heterocycles. The van der Waals surface area contributed by atoms with Crippen molar-refractivity contribution in [1.29, 1.82) is 0 Å². The van der Waals surface area contributed by atoms with E-state index >= 15 is 0 Å². The highest BCUT2D eigenvalue weighted by Crippen LogP contribution is 2.20. The fourth-order valence-corrected chi connectivity index (χ4v) is 2.05. The van der Waals surface area contributed by atoms with E-state index in [1.165, 1.54) is 4.68 Å². The van der Waals surface area contributed by atoms with E-state index in [1.807, 2.05) is 0 Å². The Labute approximate surface area is 128 Å². The van der Waals surface area contributed by atoms with Crippen LogP contribution < -0.4 is 5.32 Å². The Morgan fingerprint density at radius 3 is 2.59 bits per heavy atom. The first kappa shape index (κ1) is 15.7. The summed E-state index contributed by atoms with van der Waals surface area (Å²) in [5.41, 5.74) is 2.45. The monoisotopic (exact) mass is 302 g/mol. The molecule has 0 aliphatic carbocycles. The Kier molecular flexibility index (Phi) is 4.88. The van der Waals surface area contributed by atoms with Crippen LogP contribution in [-0.2, 0) is 16.1 Å². The molecule has 0 aliphatic heterocycles. The molecule has 0 aliphatic rings. The van der Waals surface area contributed by atoms with Gasteiger partial charge in [0.1, 0.15) is 6.54 Å². The molecule has 0 bridgehead atoms. The van der Waals surface area contributed by atoms with Gasteiger partial charge in [0.25, 0.3) is 5.91 Å². The normalized spacial score (nSPS) is 10.3. The van der Waals surface area contributed by atoms with Gasteiger partial charge in [0, 0.05) is 18.0 Å². The first-order chi connectivity index (χ1) is 10.5. The second-order valence-corrected chi connectivity index (χ2v) is 4.70. The van der Waals surface area contributed by atoms with Crippen molar-refractivity contribution in [3.63, 3.8) is 0 Å². The first-order valence-electron chi connectivity index (χ1n) is 6.94. The van der Waals surface area contributed by atoms with Gasteiger partial charge in [-0.25, -0.2) is 0 Å². The van der Waals surface area contributed by atoms with Crippen molar-refractivity contribution in [2.75, 3.05) is 11.9 Å². The van der Waals surface area contributed by atoms with Crippen LogP contribution in [0.4, 0.5) is 5.69 Å². The third-order valence-corrected chi connectivity index (χ3v) is 3.15. The van der Waals surface area contributed by atoms with E-state index in [4.69, 9.17) is 4.74 Å². The molecule has 2 aromatic rings. The molecule has 1 amide bonds. The number of amides is 1. The molecule has 2 rings (SSSR count). The van der Waals surface area contributed by atoms with E-state index in [2.05, 4.69) is 15.4 Å². The number of anilines is 1. The van der Waals surface area contributed by atoms with E-state index in [1.54, 1.807) is 45.3 Å². The minimum Gasteiger partial charge on any atom is -0.465 e. The lowest BCUT2D eigenvalue weighted by Gasteiger charge is -2.07. The summed E-state index contributed by atoms with van der Waals surface area (Å²) in [5.74, 6) is -0.607. The average Bonchev–Trinajstić information content (AvgIpc) is 2.76. The van der Waals surface area contributed by atoms with Gasteiger partial charge in [0.05, 0.1) is 23.7 Å². The molecule has 22 heavy (non-hydrogen) atoms. The van der Waals surface area contributed by atoms with Crippen LogP contribution in [0.2, 0.25) is 0 Å². The summed E-state index contributed by atoms with van der Waals surface area (Å²) in [6.45, 7) is 5.66. The average molecular weight is 302 g/mol. The van der Waals surface area contributed by atoms with Gasteiger partial charge < -0.3 is 10.1 Å². The lowest BCUT2D eigenvalue weighted by molar-refractivity contribution is -0.144. The van der Waals surface area contributed by atoms with E-state index in [0.29, 0.717) is 29.2 Å². The Bertz CT molecular complexity index is 680. The first-order valence-corrected chi connectivity index (χ1v) is 6.94. The number of aryl methyl sites for hydroxylation is 1. The number of carbonyl (C=O) groups is 2. The van der Waals surface area contributed by atoms with Crippen molar-refractivity contribution in [2.24, 2.45) is 0 Å². The zero-order chi connectivity index (χ0) is 16.1. The molecule has 0 spiro atoms. The number of hydrogen-bond donors (Lipinski definition) is 1. The van der Waals surface area contributed by atoms with Gasteiger partial charge in [-0.1, -0.05) is 0 Å². The van der Waals surface area contributed by atoms with Crippen molar-refractivity contribution in [3.05, 3.63) is 41.5 Å². The van der Waals surface area contributed by atoms with Crippen LogP contribution in [0.25, 0.3) is 0 Å². The van der Waals surface area contributed by atoms with Gasteiger partial charge in [-0.15, -0.1) is 0 Å². The highest BCUT2D eigenvalue weighted by molar-refractivity contribution is 6.04. The minimum absolute atomic E-state index is 0.0195. The summed E-state index contributed by atoms with van der Waals surface area (Å²) >= 11 is 0. The number of nitrogens with zero attached hydrogens (tertiary/aromatic N) is 3. The highest BCUT2D eigenvalue weighted by Gasteiger charge is 2.17. The Morgan fingerprint density at radius 1 is 1.27 bits per heavy atom. The number of nitrogens with one attached hydrogen (secondary N) is 1. The number of hydrogen-bond acceptors (Lipinski definition) is 5. The van der Waals surface area contributed by atoms with E-state index in [9.17, 15) is 9.59 Å². The van der Waals surface area contributed by atoms with Crippen molar-refractivity contribution >= 4 is 17.6 Å². The number of esters is 1. The Balaban J connectivity index is 2.17. The fraction of sp³-hybridized carbons (Fsp3) is 0.333. The minimum atomic E-state index is -0.361. The van der Waals surface area contributed by atoms with Crippen LogP contribution in [0.3, 0.4) is 0 Å².